The van der Waals surface area contributed by atoms with Crippen LogP contribution < -0.4 is 10.6 Å². The number of nitrogens with zero attached hydrogens (tertiary/aromatic N) is 1. The first-order chi connectivity index (χ1) is 11.4. The molecule has 1 fully saturated rings. The van der Waals surface area contributed by atoms with E-state index in [1.807, 2.05) is 0 Å². The average molecular weight is 339 g/mol. The summed E-state index contributed by atoms with van der Waals surface area (Å²) in [5.41, 5.74) is -0.659. The van der Waals surface area contributed by atoms with E-state index in [1.165, 1.54) is 6.07 Å². The maximum Gasteiger partial charge on any atom is 0.257 e. The van der Waals surface area contributed by atoms with Crippen molar-refractivity contribution in [1.82, 2.24) is 15.5 Å². The fourth-order valence-electron chi connectivity index (χ4n) is 2.70. The molecule has 132 valence electrons. The van der Waals surface area contributed by atoms with E-state index in [0.717, 1.165) is 25.1 Å². The molecule has 5 nitrogen and oxygen atoms in total. The third kappa shape index (κ3) is 4.29. The Hall–Kier alpha value is -2.02. The zero-order chi connectivity index (χ0) is 17.7. The van der Waals surface area contributed by atoms with Crippen LogP contribution in [0.25, 0.3) is 0 Å². The number of hydrogen-bond acceptors (Lipinski definition) is 3. The van der Waals surface area contributed by atoms with Crippen molar-refractivity contribution in [1.29, 1.82) is 0 Å². The van der Waals surface area contributed by atoms with Crippen LogP contribution in [-0.4, -0.2) is 48.9 Å². The molecule has 1 aliphatic rings. The van der Waals surface area contributed by atoms with Crippen molar-refractivity contribution in [3.63, 3.8) is 0 Å². The molecule has 0 spiro atoms. The second kappa shape index (κ2) is 8.19. The van der Waals surface area contributed by atoms with Crippen LogP contribution in [0.4, 0.5) is 8.78 Å². The predicted octanol–water partition coefficient (Wildman–Crippen LogP) is 1.54. The van der Waals surface area contributed by atoms with Gasteiger partial charge in [-0.2, -0.15) is 0 Å². The van der Waals surface area contributed by atoms with Crippen LogP contribution in [0.5, 0.6) is 0 Å². The molecule has 0 aliphatic carbocycles. The van der Waals surface area contributed by atoms with Crippen LogP contribution >= 0.6 is 0 Å². The topological polar surface area (TPSA) is 61.4 Å². The largest absolute Gasteiger partial charge is 0.340 e. The molecule has 1 aromatic rings. The molecular formula is C17H23F2N3O2. The SMILES string of the molecule is CC(C)C(NC(=O)c1c(F)cccc1F)C(=O)N1CCCNCC1. The number of rotatable bonds is 4. The molecule has 24 heavy (non-hydrogen) atoms. The van der Waals surface area contributed by atoms with Crippen molar-refractivity contribution < 1.29 is 18.4 Å². The van der Waals surface area contributed by atoms with Crippen LogP contribution in [0.2, 0.25) is 0 Å². The second-order valence-corrected chi connectivity index (χ2v) is 6.22. The standard InChI is InChI=1S/C17H23F2N3O2/c1-11(2)15(17(24)22-9-4-7-20-8-10-22)21-16(23)14-12(18)5-3-6-13(14)19/h3,5-6,11,15,20H,4,7-10H2,1-2H3,(H,21,23). The van der Waals surface area contributed by atoms with Gasteiger partial charge in [0.25, 0.3) is 5.91 Å². The molecule has 0 aromatic heterocycles. The molecule has 1 aliphatic heterocycles. The fourth-order valence-corrected chi connectivity index (χ4v) is 2.70. The average Bonchev–Trinajstić information content (AvgIpc) is 2.80. The highest BCUT2D eigenvalue weighted by atomic mass is 19.1. The minimum Gasteiger partial charge on any atom is -0.340 e. The van der Waals surface area contributed by atoms with Gasteiger partial charge in [-0.1, -0.05) is 19.9 Å². The summed E-state index contributed by atoms with van der Waals surface area (Å²) in [7, 11) is 0. The molecule has 2 rings (SSSR count). The van der Waals surface area contributed by atoms with Gasteiger partial charge in [0.1, 0.15) is 23.2 Å². The van der Waals surface area contributed by atoms with E-state index in [2.05, 4.69) is 10.6 Å². The van der Waals surface area contributed by atoms with Crippen LogP contribution in [0.3, 0.4) is 0 Å². The molecule has 0 saturated carbocycles. The van der Waals surface area contributed by atoms with Crippen molar-refractivity contribution in [2.45, 2.75) is 26.3 Å². The van der Waals surface area contributed by atoms with E-state index in [4.69, 9.17) is 0 Å². The van der Waals surface area contributed by atoms with Crippen molar-refractivity contribution in [2.75, 3.05) is 26.2 Å². The van der Waals surface area contributed by atoms with Gasteiger partial charge in [-0.3, -0.25) is 9.59 Å². The van der Waals surface area contributed by atoms with Crippen LogP contribution in [-0.2, 0) is 4.79 Å². The Morgan fingerprint density at radius 2 is 1.83 bits per heavy atom. The van der Waals surface area contributed by atoms with Gasteiger partial charge in [0.15, 0.2) is 0 Å². The van der Waals surface area contributed by atoms with Crippen LogP contribution in [0.1, 0.15) is 30.6 Å². The van der Waals surface area contributed by atoms with Crippen molar-refractivity contribution in [3.05, 3.63) is 35.4 Å². The Bertz CT molecular complexity index is 579. The minimum atomic E-state index is -0.943. The number of amides is 2. The highest BCUT2D eigenvalue weighted by Crippen LogP contribution is 2.14. The van der Waals surface area contributed by atoms with Gasteiger partial charge in [-0.05, 0) is 31.0 Å². The first-order valence-electron chi connectivity index (χ1n) is 8.16. The first kappa shape index (κ1) is 18.3. The Balaban J connectivity index is 2.16. The molecule has 2 N–H and O–H groups in total. The van der Waals surface area contributed by atoms with E-state index in [0.29, 0.717) is 19.6 Å². The Morgan fingerprint density at radius 3 is 2.46 bits per heavy atom. The summed E-state index contributed by atoms with van der Waals surface area (Å²) in [6.45, 7) is 6.24. The zero-order valence-electron chi connectivity index (χ0n) is 13.9. The van der Waals surface area contributed by atoms with Crippen molar-refractivity contribution in [3.8, 4) is 0 Å². The molecule has 1 unspecified atom stereocenters. The molecule has 0 bridgehead atoms. The lowest BCUT2D eigenvalue weighted by Crippen LogP contribution is -2.52. The van der Waals surface area contributed by atoms with Crippen molar-refractivity contribution in [2.24, 2.45) is 5.92 Å². The number of nitrogens with one attached hydrogen (secondary N) is 2. The van der Waals surface area contributed by atoms with E-state index in [9.17, 15) is 18.4 Å². The highest BCUT2D eigenvalue weighted by molar-refractivity contribution is 5.98. The number of carbonyl (C=O) groups excluding carboxylic acids is 2. The summed E-state index contributed by atoms with van der Waals surface area (Å²) in [6.07, 6.45) is 0.826. The zero-order valence-corrected chi connectivity index (χ0v) is 13.9. The lowest BCUT2D eigenvalue weighted by atomic mass is 10.0. The third-order valence-electron chi connectivity index (χ3n) is 4.06. The summed E-state index contributed by atoms with van der Waals surface area (Å²) in [5.74, 6) is -3.22. The van der Waals surface area contributed by atoms with Gasteiger partial charge >= 0.3 is 0 Å². The molecule has 1 saturated heterocycles. The molecule has 1 atom stereocenters. The summed E-state index contributed by atoms with van der Waals surface area (Å²) < 4.78 is 27.5. The molecule has 1 heterocycles. The van der Waals surface area contributed by atoms with E-state index in [-0.39, 0.29) is 11.8 Å². The molecule has 2 amide bonds. The normalized spacial score (nSPS) is 16.6. The molecule has 7 heteroatoms. The third-order valence-corrected chi connectivity index (χ3v) is 4.06. The summed E-state index contributed by atoms with van der Waals surface area (Å²) >= 11 is 0. The lowest BCUT2D eigenvalue weighted by molar-refractivity contribution is -0.134. The minimum absolute atomic E-state index is 0.201. The first-order valence-corrected chi connectivity index (χ1v) is 8.16. The number of carbonyl (C=O) groups is 2. The van der Waals surface area contributed by atoms with Gasteiger partial charge in [0.2, 0.25) is 5.91 Å². The Labute approximate surface area is 140 Å². The number of hydrogen-bond donors (Lipinski definition) is 2. The summed E-state index contributed by atoms with van der Waals surface area (Å²) in [6, 6.07) is 2.40. The number of benzene rings is 1. The Kier molecular flexibility index (Phi) is 6.25. The Morgan fingerprint density at radius 1 is 1.17 bits per heavy atom. The maximum absolute atomic E-state index is 13.8. The van der Waals surface area contributed by atoms with E-state index >= 15 is 0 Å². The van der Waals surface area contributed by atoms with Gasteiger partial charge in [-0.15, -0.1) is 0 Å². The number of halogens is 2. The highest BCUT2D eigenvalue weighted by Gasteiger charge is 2.30. The molecule has 0 radical (unpaired) electrons. The van der Waals surface area contributed by atoms with Crippen LogP contribution in [0.15, 0.2) is 18.2 Å². The van der Waals surface area contributed by atoms with Gasteiger partial charge in [-0.25, -0.2) is 8.78 Å². The molecule has 1 aromatic carbocycles. The monoisotopic (exact) mass is 339 g/mol. The molecular weight excluding hydrogens is 316 g/mol. The quantitative estimate of drug-likeness (QED) is 0.875. The summed E-state index contributed by atoms with van der Waals surface area (Å²) in [4.78, 5) is 26.7. The van der Waals surface area contributed by atoms with Gasteiger partial charge < -0.3 is 15.5 Å². The maximum atomic E-state index is 13.8. The summed E-state index contributed by atoms with van der Waals surface area (Å²) in [5, 5.41) is 5.70. The smallest absolute Gasteiger partial charge is 0.257 e. The van der Waals surface area contributed by atoms with E-state index in [1.54, 1.807) is 18.7 Å². The second-order valence-electron chi connectivity index (χ2n) is 6.22. The fraction of sp³-hybridized carbons (Fsp3) is 0.529. The van der Waals surface area contributed by atoms with E-state index < -0.39 is 29.1 Å². The lowest BCUT2D eigenvalue weighted by Gasteiger charge is -2.28. The van der Waals surface area contributed by atoms with Crippen molar-refractivity contribution >= 4 is 11.8 Å². The predicted molar refractivity (Wildman–Crippen MR) is 86.5 cm³/mol. The van der Waals surface area contributed by atoms with Gasteiger partial charge in [0.05, 0.1) is 0 Å². The van der Waals surface area contributed by atoms with Crippen LogP contribution in [0, 0.1) is 17.6 Å². The van der Waals surface area contributed by atoms with Gasteiger partial charge in [0, 0.05) is 19.6 Å².